The maximum absolute atomic E-state index is 5.37. The zero-order chi connectivity index (χ0) is 12.2. The van der Waals surface area contributed by atoms with Crippen LogP contribution in [0.5, 0.6) is 0 Å². The average Bonchev–Trinajstić information content (AvgIpc) is 2.20. The van der Waals surface area contributed by atoms with Crippen LogP contribution in [-0.4, -0.2) is 38.8 Å². The number of rotatable bonds is 11. The summed E-state index contributed by atoms with van der Waals surface area (Å²) < 4.78 is 10.7. The maximum atomic E-state index is 5.37. The zero-order valence-electron chi connectivity index (χ0n) is 9.94. The Kier molecular flexibility index (Phi) is 11.1. The monoisotopic (exact) mass is 234 g/mol. The van der Waals surface area contributed by atoms with Crippen molar-refractivity contribution in [3.63, 3.8) is 0 Å². The molecule has 0 heterocycles. The average molecular weight is 234 g/mol. The smallest absolute Gasteiger partial charge is 0.0543 e. The van der Waals surface area contributed by atoms with Crippen LogP contribution in [0, 0.1) is 0 Å². The van der Waals surface area contributed by atoms with Crippen molar-refractivity contribution in [2.45, 2.75) is 38.0 Å². The summed E-state index contributed by atoms with van der Waals surface area (Å²) in [5.74, 6) is 0. The van der Waals surface area contributed by atoms with Gasteiger partial charge in [-0.15, -0.1) is 0 Å². The van der Waals surface area contributed by atoms with Crippen LogP contribution in [0.25, 0.3) is 0 Å². The van der Waals surface area contributed by atoms with Gasteiger partial charge in [-0.25, -0.2) is 0 Å². The number of hydrogen-bond donors (Lipinski definition) is 4. The summed E-state index contributed by atoms with van der Waals surface area (Å²) in [7, 11) is 0. The van der Waals surface area contributed by atoms with E-state index in [1.165, 1.54) is 0 Å². The lowest BCUT2D eigenvalue weighted by atomic mass is 10.3. The molecule has 0 amide bonds. The summed E-state index contributed by atoms with van der Waals surface area (Å²) in [6.45, 7) is 2.71. The fourth-order valence-corrected chi connectivity index (χ4v) is 1.05. The molecule has 0 aromatic heterocycles. The SMILES string of the molecule is NC(N)CCOCCCCOCCC(N)N. The quantitative estimate of drug-likeness (QED) is 0.270. The summed E-state index contributed by atoms with van der Waals surface area (Å²) in [5.41, 5.74) is 21.5. The minimum Gasteiger partial charge on any atom is -0.381 e. The second kappa shape index (κ2) is 11.3. The van der Waals surface area contributed by atoms with E-state index in [9.17, 15) is 0 Å². The Morgan fingerprint density at radius 2 is 1.00 bits per heavy atom. The number of nitrogens with two attached hydrogens (primary N) is 4. The first-order chi connectivity index (χ1) is 7.63. The second-order valence-corrected chi connectivity index (χ2v) is 3.84. The van der Waals surface area contributed by atoms with E-state index in [0.717, 1.165) is 26.1 Å². The lowest BCUT2D eigenvalue weighted by Crippen LogP contribution is -2.31. The summed E-state index contributed by atoms with van der Waals surface area (Å²) in [6, 6.07) is 0. The molecule has 0 rings (SSSR count). The van der Waals surface area contributed by atoms with Crippen LogP contribution < -0.4 is 22.9 Å². The van der Waals surface area contributed by atoms with E-state index in [1.807, 2.05) is 0 Å². The molecule has 0 bridgehead atoms. The number of hydrogen-bond acceptors (Lipinski definition) is 6. The lowest BCUT2D eigenvalue weighted by Gasteiger charge is -2.08. The molecule has 0 aliphatic carbocycles. The van der Waals surface area contributed by atoms with E-state index in [1.54, 1.807) is 0 Å². The molecule has 0 unspecified atom stereocenters. The van der Waals surface area contributed by atoms with Crippen molar-refractivity contribution in [2.24, 2.45) is 22.9 Å². The maximum Gasteiger partial charge on any atom is 0.0543 e. The predicted molar refractivity (Wildman–Crippen MR) is 64.4 cm³/mol. The molecule has 6 heteroatoms. The highest BCUT2D eigenvalue weighted by Crippen LogP contribution is 1.94. The standard InChI is InChI=1S/C10H26N4O2/c11-9(12)3-7-15-5-1-2-6-16-8-4-10(13)14/h9-10H,1-8,11-14H2. The van der Waals surface area contributed by atoms with E-state index in [4.69, 9.17) is 32.4 Å². The van der Waals surface area contributed by atoms with Gasteiger partial charge in [0.2, 0.25) is 0 Å². The predicted octanol–water partition coefficient (Wildman–Crippen LogP) is -0.933. The van der Waals surface area contributed by atoms with E-state index >= 15 is 0 Å². The topological polar surface area (TPSA) is 123 Å². The minimum atomic E-state index is -0.274. The molecule has 0 aromatic rings. The van der Waals surface area contributed by atoms with E-state index in [-0.39, 0.29) is 12.3 Å². The van der Waals surface area contributed by atoms with Gasteiger partial charge in [-0.3, -0.25) is 0 Å². The molecule has 0 aromatic carbocycles. The Balaban J connectivity index is 2.93. The van der Waals surface area contributed by atoms with Gasteiger partial charge in [0.25, 0.3) is 0 Å². The van der Waals surface area contributed by atoms with Crippen molar-refractivity contribution < 1.29 is 9.47 Å². The fraction of sp³-hybridized carbons (Fsp3) is 1.00. The highest BCUT2D eigenvalue weighted by molar-refractivity contribution is 4.50. The van der Waals surface area contributed by atoms with Crippen LogP contribution >= 0.6 is 0 Å². The fourth-order valence-electron chi connectivity index (χ4n) is 1.05. The Bertz CT molecular complexity index is 129. The Hall–Kier alpha value is -0.240. The first-order valence-electron chi connectivity index (χ1n) is 5.80. The Morgan fingerprint density at radius 1 is 0.625 bits per heavy atom. The Morgan fingerprint density at radius 3 is 1.31 bits per heavy atom. The van der Waals surface area contributed by atoms with Crippen LogP contribution in [-0.2, 0) is 9.47 Å². The van der Waals surface area contributed by atoms with Gasteiger partial charge in [0.1, 0.15) is 0 Å². The van der Waals surface area contributed by atoms with Gasteiger partial charge >= 0.3 is 0 Å². The van der Waals surface area contributed by atoms with Crippen LogP contribution in [0.1, 0.15) is 25.7 Å². The largest absolute Gasteiger partial charge is 0.381 e. The molecule has 0 saturated heterocycles. The van der Waals surface area contributed by atoms with E-state index < -0.39 is 0 Å². The Labute approximate surface area is 97.6 Å². The second-order valence-electron chi connectivity index (χ2n) is 3.84. The van der Waals surface area contributed by atoms with Gasteiger partial charge < -0.3 is 32.4 Å². The molecule has 0 aliphatic heterocycles. The molecule has 0 saturated carbocycles. The van der Waals surface area contributed by atoms with Crippen LogP contribution in [0.4, 0.5) is 0 Å². The first kappa shape index (κ1) is 15.8. The summed E-state index contributed by atoms with van der Waals surface area (Å²) >= 11 is 0. The highest BCUT2D eigenvalue weighted by Gasteiger charge is 1.96. The van der Waals surface area contributed by atoms with Gasteiger partial charge in [-0.2, -0.15) is 0 Å². The summed E-state index contributed by atoms with van der Waals surface area (Å²) in [5, 5.41) is 0. The van der Waals surface area contributed by atoms with E-state index in [0.29, 0.717) is 26.1 Å². The number of unbranched alkanes of at least 4 members (excludes halogenated alkanes) is 1. The van der Waals surface area contributed by atoms with Crippen molar-refractivity contribution in [3.05, 3.63) is 0 Å². The van der Waals surface area contributed by atoms with Crippen LogP contribution in [0.2, 0.25) is 0 Å². The lowest BCUT2D eigenvalue weighted by molar-refractivity contribution is 0.0972. The molecule has 8 N–H and O–H groups in total. The molecule has 6 nitrogen and oxygen atoms in total. The summed E-state index contributed by atoms with van der Waals surface area (Å²) in [4.78, 5) is 0. The molecular formula is C10H26N4O2. The van der Waals surface area contributed by atoms with Gasteiger partial charge in [-0.05, 0) is 25.7 Å². The third-order valence-corrected chi connectivity index (χ3v) is 2.02. The molecule has 98 valence electrons. The van der Waals surface area contributed by atoms with Crippen molar-refractivity contribution in [2.75, 3.05) is 26.4 Å². The number of ether oxygens (including phenoxy) is 2. The van der Waals surface area contributed by atoms with Crippen molar-refractivity contribution >= 4 is 0 Å². The van der Waals surface area contributed by atoms with Gasteiger partial charge in [0.15, 0.2) is 0 Å². The highest BCUT2D eigenvalue weighted by atomic mass is 16.5. The third-order valence-electron chi connectivity index (χ3n) is 2.02. The van der Waals surface area contributed by atoms with E-state index in [2.05, 4.69) is 0 Å². The van der Waals surface area contributed by atoms with Crippen LogP contribution in [0.15, 0.2) is 0 Å². The minimum absolute atomic E-state index is 0.274. The van der Waals surface area contributed by atoms with Gasteiger partial charge in [0.05, 0.1) is 12.3 Å². The van der Waals surface area contributed by atoms with Gasteiger partial charge in [0, 0.05) is 26.4 Å². The molecule has 0 spiro atoms. The van der Waals surface area contributed by atoms with Crippen molar-refractivity contribution in [1.82, 2.24) is 0 Å². The summed E-state index contributed by atoms with van der Waals surface area (Å²) in [6.07, 6.45) is 2.81. The van der Waals surface area contributed by atoms with Crippen molar-refractivity contribution in [1.29, 1.82) is 0 Å². The third kappa shape index (κ3) is 13.8. The normalized spacial score (nSPS) is 11.6. The molecule has 0 fully saturated rings. The molecule has 0 radical (unpaired) electrons. The van der Waals surface area contributed by atoms with Crippen LogP contribution in [0.3, 0.4) is 0 Å². The molecular weight excluding hydrogens is 208 g/mol. The first-order valence-corrected chi connectivity index (χ1v) is 5.80. The zero-order valence-corrected chi connectivity index (χ0v) is 9.94. The molecule has 16 heavy (non-hydrogen) atoms. The van der Waals surface area contributed by atoms with Crippen molar-refractivity contribution in [3.8, 4) is 0 Å². The molecule has 0 aliphatic rings. The molecule has 0 atom stereocenters. The van der Waals surface area contributed by atoms with Gasteiger partial charge in [-0.1, -0.05) is 0 Å².